The van der Waals surface area contributed by atoms with E-state index in [0.717, 1.165) is 49.2 Å². The second-order valence-electron chi connectivity index (χ2n) is 12.5. The molecule has 2 heterocycles. The Labute approximate surface area is 233 Å². The van der Waals surface area contributed by atoms with Gasteiger partial charge in [-0.25, -0.2) is 0 Å². The molecular weight excluding hydrogens is 488 g/mol. The Kier molecular flexibility index (Phi) is 4.56. The molecule has 0 radical (unpaired) electrons. The molecule has 0 unspecified atom stereocenters. The summed E-state index contributed by atoms with van der Waals surface area (Å²) in [5.41, 5.74) is 2.43. The first-order valence-electron chi connectivity index (χ1n) is 15.4. The summed E-state index contributed by atoms with van der Waals surface area (Å²) in [5.74, 6) is 1.54. The topological polar surface area (TPSA) is 51.2 Å². The van der Waals surface area contributed by atoms with Crippen LogP contribution in [0, 0.1) is 11.3 Å². The summed E-state index contributed by atoms with van der Waals surface area (Å²) in [4.78, 5) is 18.4. The van der Waals surface area contributed by atoms with Crippen LogP contribution >= 0.6 is 0 Å². The number of hydrogen-bond donors (Lipinski definition) is 0. The molecule has 9 rings (SSSR count). The quantitative estimate of drug-likeness (QED) is 0.530. The molecule has 1 saturated heterocycles. The normalized spacial score (nSPS) is 36.3. The molecule has 2 aromatic carbocycles. The Balaban J connectivity index is 1.32. The number of piperidine rings is 1. The second kappa shape index (κ2) is 8.11. The van der Waals surface area contributed by atoms with Crippen LogP contribution in [-0.4, -0.2) is 67.8 Å². The molecule has 5 aliphatic carbocycles. The van der Waals surface area contributed by atoms with Crippen molar-refractivity contribution in [3.05, 3.63) is 70.8 Å². The van der Waals surface area contributed by atoms with Gasteiger partial charge in [-0.2, -0.15) is 0 Å². The van der Waals surface area contributed by atoms with Gasteiger partial charge in [0.15, 0.2) is 11.5 Å². The summed E-state index contributed by atoms with van der Waals surface area (Å²) >= 11 is 0. The van der Waals surface area contributed by atoms with Crippen molar-refractivity contribution in [1.29, 1.82) is 0 Å². The fourth-order valence-corrected chi connectivity index (χ4v) is 9.04. The number of ether oxygens (including phenoxy) is 3. The minimum atomic E-state index is -1.38. The number of carbonyl (C=O) groups excluding carboxylic acids is 1. The average Bonchev–Trinajstić information content (AvgIpc) is 3.78. The third-order valence-corrected chi connectivity index (χ3v) is 10.8. The van der Waals surface area contributed by atoms with E-state index in [2.05, 4.69) is 17.0 Å². The summed E-state index contributed by atoms with van der Waals surface area (Å²) in [6.45, 7) is -0.215. The Morgan fingerprint density at radius 3 is 2.72 bits per heavy atom. The van der Waals surface area contributed by atoms with Crippen molar-refractivity contribution >= 4 is 5.91 Å². The predicted molar refractivity (Wildman–Crippen MR) is 148 cm³/mol. The highest BCUT2D eigenvalue weighted by Gasteiger charge is 2.79. The zero-order valence-electron chi connectivity index (χ0n) is 25.0. The Bertz CT molecular complexity index is 1480. The molecule has 4 bridgehead atoms. The first kappa shape index (κ1) is 21.9. The number of methoxy groups -OCH3 is 2. The van der Waals surface area contributed by atoms with Gasteiger partial charge in [-0.05, 0) is 68.2 Å². The van der Waals surface area contributed by atoms with E-state index in [1.807, 2.05) is 43.4 Å². The zero-order valence-corrected chi connectivity index (χ0v) is 23.0. The lowest BCUT2D eigenvalue weighted by molar-refractivity contribution is -0.198. The minimum Gasteiger partial charge on any atom is -0.493 e. The fraction of sp³-hybridized carbons (Fsp3) is 0.545. The van der Waals surface area contributed by atoms with Crippen molar-refractivity contribution in [3.63, 3.8) is 0 Å². The SMILES string of the molecule is [2H]C([2H])(C1CC1)N1CC[C@]23c4c5ccc(OC)c4O[C@H]2[C@@]2(OC)CC[C@@]3(C=C2C(=O)N(C)Cc2ccccc2)[C@@H]1C5. The van der Waals surface area contributed by atoms with Crippen LogP contribution in [-0.2, 0) is 27.9 Å². The molecule has 5 atom stereocenters. The number of hydrogen-bond acceptors (Lipinski definition) is 5. The monoisotopic (exact) mass is 528 g/mol. The fourth-order valence-electron chi connectivity index (χ4n) is 9.04. The number of likely N-dealkylation sites (N-methyl/N-ethyl adjacent to an activating group) is 1. The lowest BCUT2D eigenvalue weighted by Gasteiger charge is -2.70. The molecule has 2 spiro atoms. The zero-order chi connectivity index (χ0) is 28.4. The maximum Gasteiger partial charge on any atom is 0.252 e. The molecule has 1 amide bonds. The third kappa shape index (κ3) is 2.92. The molecule has 7 aliphatic rings. The van der Waals surface area contributed by atoms with E-state index in [-0.39, 0.29) is 24.0 Å². The van der Waals surface area contributed by atoms with Gasteiger partial charge in [-0.15, -0.1) is 0 Å². The number of nitrogens with zero attached hydrogens (tertiary/aromatic N) is 2. The van der Waals surface area contributed by atoms with E-state index in [4.69, 9.17) is 14.2 Å². The smallest absolute Gasteiger partial charge is 0.252 e. The minimum absolute atomic E-state index is 0.0447. The van der Waals surface area contributed by atoms with Crippen LogP contribution in [0.2, 0.25) is 0 Å². The number of carbonyl (C=O) groups is 1. The molecule has 6 nitrogen and oxygen atoms in total. The van der Waals surface area contributed by atoms with E-state index in [1.54, 1.807) is 19.1 Å². The van der Waals surface area contributed by atoms with Crippen LogP contribution < -0.4 is 9.47 Å². The van der Waals surface area contributed by atoms with Crippen molar-refractivity contribution in [3.8, 4) is 11.5 Å². The number of benzene rings is 2. The van der Waals surface area contributed by atoms with Crippen molar-refractivity contribution < 1.29 is 21.7 Å². The average molecular weight is 529 g/mol. The molecule has 3 fully saturated rings. The van der Waals surface area contributed by atoms with Crippen LogP contribution in [0.25, 0.3) is 0 Å². The van der Waals surface area contributed by atoms with Gasteiger partial charge < -0.3 is 19.1 Å². The molecule has 0 N–H and O–H groups in total. The van der Waals surface area contributed by atoms with Gasteiger partial charge in [0.25, 0.3) is 5.91 Å². The summed E-state index contributed by atoms with van der Waals surface area (Å²) in [6.07, 6.45) is 6.73. The number of fused-ring (bicyclic) bond motifs is 1. The summed E-state index contributed by atoms with van der Waals surface area (Å²) in [6, 6.07) is 14.1. The Hall–Kier alpha value is -2.83. The lowest BCUT2D eigenvalue weighted by Crippen LogP contribution is -2.78. The summed E-state index contributed by atoms with van der Waals surface area (Å²) < 4.78 is 37.9. The molecule has 2 aliphatic heterocycles. The van der Waals surface area contributed by atoms with E-state index < -0.39 is 22.9 Å². The summed E-state index contributed by atoms with van der Waals surface area (Å²) in [5, 5.41) is 0. The van der Waals surface area contributed by atoms with Gasteiger partial charge in [0.05, 0.1) is 12.5 Å². The van der Waals surface area contributed by atoms with E-state index in [9.17, 15) is 7.54 Å². The van der Waals surface area contributed by atoms with Gasteiger partial charge in [-0.1, -0.05) is 42.5 Å². The molecule has 39 heavy (non-hydrogen) atoms. The lowest BCUT2D eigenvalue weighted by atomic mass is 9.37. The maximum absolute atomic E-state index is 14.4. The first-order chi connectivity index (χ1) is 19.7. The largest absolute Gasteiger partial charge is 0.493 e. The maximum atomic E-state index is 14.4. The highest BCUT2D eigenvalue weighted by molar-refractivity contribution is 5.97. The van der Waals surface area contributed by atoms with Crippen molar-refractivity contribution in [1.82, 2.24) is 9.80 Å². The van der Waals surface area contributed by atoms with E-state index in [1.165, 1.54) is 11.1 Å². The molecule has 0 aromatic heterocycles. The van der Waals surface area contributed by atoms with Gasteiger partial charge in [0, 0.05) is 52.5 Å². The number of rotatable bonds is 7. The Morgan fingerprint density at radius 2 is 1.97 bits per heavy atom. The van der Waals surface area contributed by atoms with Crippen molar-refractivity contribution in [2.24, 2.45) is 11.3 Å². The van der Waals surface area contributed by atoms with Crippen LogP contribution in [0.15, 0.2) is 54.1 Å². The number of amides is 1. The second-order valence-corrected chi connectivity index (χ2v) is 12.5. The summed E-state index contributed by atoms with van der Waals surface area (Å²) in [7, 11) is 5.27. The Morgan fingerprint density at radius 1 is 1.15 bits per heavy atom. The molecule has 2 aromatic rings. The van der Waals surface area contributed by atoms with Crippen molar-refractivity contribution in [2.75, 3.05) is 34.3 Å². The third-order valence-electron chi connectivity index (χ3n) is 10.8. The molecular formula is C33H38N2O4. The molecule has 2 saturated carbocycles. The van der Waals surface area contributed by atoms with Crippen LogP contribution in [0.5, 0.6) is 11.5 Å². The predicted octanol–water partition coefficient (Wildman–Crippen LogP) is 4.50. The molecule has 204 valence electrons. The van der Waals surface area contributed by atoms with Crippen LogP contribution in [0.1, 0.15) is 51.5 Å². The van der Waals surface area contributed by atoms with E-state index >= 15 is 0 Å². The highest BCUT2D eigenvalue weighted by atomic mass is 16.6. The first-order valence-corrected chi connectivity index (χ1v) is 14.4. The van der Waals surface area contributed by atoms with E-state index in [0.29, 0.717) is 25.1 Å². The van der Waals surface area contributed by atoms with Gasteiger partial charge >= 0.3 is 0 Å². The van der Waals surface area contributed by atoms with Gasteiger partial charge in [0.1, 0.15) is 11.7 Å². The van der Waals surface area contributed by atoms with Gasteiger partial charge in [-0.3, -0.25) is 9.69 Å². The number of likely N-dealkylation sites (tertiary alicyclic amines) is 1. The highest BCUT2D eigenvalue weighted by Crippen LogP contribution is 2.75. The van der Waals surface area contributed by atoms with Crippen LogP contribution in [0.4, 0.5) is 0 Å². The van der Waals surface area contributed by atoms with Crippen LogP contribution in [0.3, 0.4) is 0 Å². The standard InChI is InChI=1S/C33H38N2O4/c1-34(19-21-7-5-4-6-8-21)29(36)24-18-31-13-14-33(24,38-3)30-32(31)15-16-35(20-22-9-10-22)26(31)17-23-11-12-25(37-2)28(39-30)27(23)32/h4-8,11-12,18,22,26,30H,9-10,13-17,19-20H2,1-3H3/t26-,30+,31+,32-,33+/m0/s1/i20D2. The van der Waals surface area contributed by atoms with Crippen molar-refractivity contribution in [2.45, 2.75) is 68.2 Å². The van der Waals surface area contributed by atoms with Gasteiger partial charge in [0.2, 0.25) is 0 Å². The molecule has 6 heteroatoms.